The van der Waals surface area contributed by atoms with Crippen LogP contribution in [0.15, 0.2) is 61.2 Å². The largest absolute Gasteiger partial charge is 0.489 e. The number of aryl methyl sites for hydroxylation is 1. The van der Waals surface area contributed by atoms with Gasteiger partial charge in [-0.05, 0) is 30.0 Å². The maximum absolute atomic E-state index is 8.77. The zero-order valence-corrected chi connectivity index (χ0v) is 12.1. The maximum atomic E-state index is 8.77. The molecule has 0 aromatic heterocycles. The quantitative estimate of drug-likeness (QED) is 0.700. The highest BCUT2D eigenvalue weighted by Crippen LogP contribution is 2.25. The average molecular weight is 277 g/mol. The molecular formula is C19H19NO. The van der Waals surface area contributed by atoms with Gasteiger partial charge in [0.2, 0.25) is 0 Å². The molecule has 0 amide bonds. The summed E-state index contributed by atoms with van der Waals surface area (Å²) in [5, 5.41) is 8.77. The van der Waals surface area contributed by atoms with E-state index in [4.69, 9.17) is 10.00 Å². The fourth-order valence-electron chi connectivity index (χ4n) is 2.28. The Morgan fingerprint density at radius 2 is 1.90 bits per heavy atom. The van der Waals surface area contributed by atoms with Gasteiger partial charge in [-0.1, -0.05) is 48.5 Å². The average Bonchev–Trinajstić information content (AvgIpc) is 2.53. The summed E-state index contributed by atoms with van der Waals surface area (Å²) in [7, 11) is 0. The minimum atomic E-state index is 0.520. The Morgan fingerprint density at radius 1 is 1.10 bits per heavy atom. The van der Waals surface area contributed by atoms with Crippen LogP contribution in [0.25, 0.3) is 0 Å². The monoisotopic (exact) mass is 277 g/mol. The third-order valence-corrected chi connectivity index (χ3v) is 3.32. The van der Waals surface area contributed by atoms with Gasteiger partial charge < -0.3 is 4.74 Å². The second kappa shape index (κ2) is 7.91. The molecule has 0 aliphatic rings. The van der Waals surface area contributed by atoms with Gasteiger partial charge in [-0.25, -0.2) is 0 Å². The molecule has 0 fully saturated rings. The number of ether oxygens (including phenoxy) is 1. The van der Waals surface area contributed by atoms with Crippen molar-refractivity contribution < 1.29 is 4.74 Å². The van der Waals surface area contributed by atoms with Gasteiger partial charge >= 0.3 is 0 Å². The van der Waals surface area contributed by atoms with E-state index >= 15 is 0 Å². The third-order valence-electron chi connectivity index (χ3n) is 3.32. The first-order valence-electron chi connectivity index (χ1n) is 7.10. The summed E-state index contributed by atoms with van der Waals surface area (Å²) < 4.78 is 5.97. The van der Waals surface area contributed by atoms with Crippen LogP contribution in [0.4, 0.5) is 0 Å². The van der Waals surface area contributed by atoms with Crippen LogP contribution in [0, 0.1) is 11.3 Å². The molecule has 0 atom stereocenters. The van der Waals surface area contributed by atoms with E-state index in [0.717, 1.165) is 29.7 Å². The second-order valence-corrected chi connectivity index (χ2v) is 4.82. The fourth-order valence-corrected chi connectivity index (χ4v) is 2.28. The Morgan fingerprint density at radius 3 is 2.62 bits per heavy atom. The van der Waals surface area contributed by atoms with Crippen molar-refractivity contribution in [2.45, 2.75) is 25.9 Å². The highest BCUT2D eigenvalue weighted by molar-refractivity contribution is 5.42. The van der Waals surface area contributed by atoms with Crippen LogP contribution in [0.3, 0.4) is 0 Å². The number of hydrogen-bond donors (Lipinski definition) is 0. The molecule has 0 saturated carbocycles. The predicted octanol–water partition coefficient (Wildman–Crippen LogP) is 4.45. The normalized spacial score (nSPS) is 9.86. The molecule has 0 aliphatic heterocycles. The number of hydrogen-bond acceptors (Lipinski definition) is 2. The first-order chi connectivity index (χ1) is 10.3. The fraction of sp³-hybridized carbons (Fsp3) is 0.211. The van der Waals surface area contributed by atoms with E-state index in [2.05, 4.69) is 18.7 Å². The summed E-state index contributed by atoms with van der Waals surface area (Å²) in [6, 6.07) is 18.3. The summed E-state index contributed by atoms with van der Waals surface area (Å²) in [6.45, 7) is 4.36. The Hall–Kier alpha value is -2.53. The Balaban J connectivity index is 2.17. The molecule has 0 bridgehead atoms. The lowest BCUT2D eigenvalue weighted by Gasteiger charge is -2.14. The zero-order valence-electron chi connectivity index (χ0n) is 12.1. The van der Waals surface area contributed by atoms with E-state index in [1.165, 1.54) is 5.56 Å². The van der Waals surface area contributed by atoms with E-state index in [0.29, 0.717) is 13.0 Å². The Bertz CT molecular complexity index is 626. The van der Waals surface area contributed by atoms with Crippen molar-refractivity contribution in [1.82, 2.24) is 0 Å². The predicted molar refractivity (Wildman–Crippen MR) is 85.1 cm³/mol. The summed E-state index contributed by atoms with van der Waals surface area (Å²) >= 11 is 0. The van der Waals surface area contributed by atoms with Crippen LogP contribution in [0.1, 0.15) is 23.1 Å². The molecule has 2 aromatic rings. The number of benzene rings is 2. The van der Waals surface area contributed by atoms with Gasteiger partial charge in [0.1, 0.15) is 12.4 Å². The smallest absolute Gasteiger partial charge is 0.123 e. The number of nitrogens with zero attached hydrogens (tertiary/aromatic N) is 1. The molecule has 106 valence electrons. The molecule has 2 rings (SSSR count). The lowest BCUT2D eigenvalue weighted by Crippen LogP contribution is -2.01. The first-order valence-corrected chi connectivity index (χ1v) is 7.10. The second-order valence-electron chi connectivity index (χ2n) is 4.82. The molecule has 0 saturated heterocycles. The van der Waals surface area contributed by atoms with Crippen molar-refractivity contribution in [1.29, 1.82) is 5.26 Å². The molecule has 0 unspecified atom stereocenters. The molecular weight excluding hydrogens is 258 g/mol. The Kier molecular flexibility index (Phi) is 5.60. The van der Waals surface area contributed by atoms with Crippen LogP contribution in [-0.2, 0) is 19.4 Å². The van der Waals surface area contributed by atoms with Gasteiger partial charge in [0.25, 0.3) is 0 Å². The summed E-state index contributed by atoms with van der Waals surface area (Å²) in [5.41, 5.74) is 3.45. The molecule has 0 radical (unpaired) electrons. The molecule has 0 aliphatic carbocycles. The third kappa shape index (κ3) is 4.22. The molecule has 21 heavy (non-hydrogen) atoms. The summed E-state index contributed by atoms with van der Waals surface area (Å²) in [4.78, 5) is 0. The van der Waals surface area contributed by atoms with Crippen molar-refractivity contribution in [2.24, 2.45) is 0 Å². The lowest BCUT2D eigenvalue weighted by atomic mass is 9.99. The minimum absolute atomic E-state index is 0.520. The van der Waals surface area contributed by atoms with Crippen LogP contribution in [0.5, 0.6) is 5.75 Å². The van der Waals surface area contributed by atoms with E-state index in [1.54, 1.807) is 0 Å². The highest BCUT2D eigenvalue weighted by Gasteiger charge is 2.08. The first kappa shape index (κ1) is 14.9. The minimum Gasteiger partial charge on any atom is -0.489 e. The van der Waals surface area contributed by atoms with Crippen LogP contribution in [-0.4, -0.2) is 0 Å². The maximum Gasteiger partial charge on any atom is 0.123 e. The van der Waals surface area contributed by atoms with Crippen LogP contribution in [0.2, 0.25) is 0 Å². The van der Waals surface area contributed by atoms with Crippen LogP contribution < -0.4 is 4.74 Å². The lowest BCUT2D eigenvalue weighted by molar-refractivity contribution is 0.303. The van der Waals surface area contributed by atoms with Gasteiger partial charge in [-0.2, -0.15) is 5.26 Å². The SMILES string of the molecule is C=CCc1c(CCC#N)cccc1OCc1ccccc1. The van der Waals surface area contributed by atoms with Crippen molar-refractivity contribution in [3.63, 3.8) is 0 Å². The molecule has 0 heterocycles. The van der Waals surface area contributed by atoms with Gasteiger partial charge in [0, 0.05) is 12.0 Å². The van der Waals surface area contributed by atoms with Crippen molar-refractivity contribution in [3.05, 3.63) is 77.9 Å². The molecule has 2 nitrogen and oxygen atoms in total. The summed E-state index contributed by atoms with van der Waals surface area (Å²) in [5.74, 6) is 0.884. The van der Waals surface area contributed by atoms with E-state index < -0.39 is 0 Å². The van der Waals surface area contributed by atoms with Crippen molar-refractivity contribution in [2.75, 3.05) is 0 Å². The highest BCUT2D eigenvalue weighted by atomic mass is 16.5. The number of allylic oxidation sites excluding steroid dienone is 1. The standard InChI is InChI=1S/C19H19NO/c1-2-8-18-17(12-7-14-20)11-6-13-19(18)21-15-16-9-4-3-5-10-16/h2-6,9-11,13H,1,7-8,12,15H2. The topological polar surface area (TPSA) is 33.0 Å². The van der Waals surface area contributed by atoms with Crippen LogP contribution >= 0.6 is 0 Å². The molecule has 0 N–H and O–H groups in total. The zero-order chi connectivity index (χ0) is 14.9. The van der Waals surface area contributed by atoms with Gasteiger partial charge in [-0.15, -0.1) is 6.58 Å². The summed E-state index contributed by atoms with van der Waals surface area (Å²) in [6.07, 6.45) is 3.90. The van der Waals surface area contributed by atoms with Gasteiger partial charge in [0.05, 0.1) is 6.07 Å². The van der Waals surface area contributed by atoms with E-state index in [-0.39, 0.29) is 0 Å². The molecule has 2 aromatic carbocycles. The van der Waals surface area contributed by atoms with Crippen molar-refractivity contribution in [3.8, 4) is 11.8 Å². The number of nitriles is 1. The van der Waals surface area contributed by atoms with Gasteiger partial charge in [0.15, 0.2) is 0 Å². The number of rotatable bonds is 7. The molecule has 0 spiro atoms. The Labute approximate surface area is 126 Å². The van der Waals surface area contributed by atoms with E-state index in [9.17, 15) is 0 Å². The van der Waals surface area contributed by atoms with Crippen molar-refractivity contribution >= 4 is 0 Å². The van der Waals surface area contributed by atoms with E-state index in [1.807, 2.05) is 48.5 Å². The molecule has 2 heteroatoms. The van der Waals surface area contributed by atoms with Gasteiger partial charge in [-0.3, -0.25) is 0 Å².